The van der Waals surface area contributed by atoms with E-state index >= 15 is 0 Å². The second-order valence-electron chi connectivity index (χ2n) is 6.27. The van der Waals surface area contributed by atoms with E-state index in [0.29, 0.717) is 40.1 Å². The topological polar surface area (TPSA) is 67.3 Å². The maximum Gasteiger partial charge on any atom is 0.262 e. The molecule has 0 bridgehead atoms. The fourth-order valence-electron chi connectivity index (χ4n) is 2.83. The van der Waals surface area contributed by atoms with Gasteiger partial charge in [0.05, 0.1) is 17.4 Å². The summed E-state index contributed by atoms with van der Waals surface area (Å²) in [7, 11) is 1.66. The number of H-pyrrole nitrogens is 1. The first-order chi connectivity index (χ1) is 13.4. The highest BCUT2D eigenvalue weighted by Gasteiger charge is 2.14. The summed E-state index contributed by atoms with van der Waals surface area (Å²) in [6.07, 6.45) is 0. The Balaban J connectivity index is 1.72. The van der Waals surface area contributed by atoms with Crippen molar-refractivity contribution in [3.8, 4) is 5.75 Å². The summed E-state index contributed by atoms with van der Waals surface area (Å²) in [6.45, 7) is 2.94. The van der Waals surface area contributed by atoms with Gasteiger partial charge in [0.2, 0.25) is 0 Å². The Morgan fingerprint density at radius 2 is 1.96 bits per heavy atom. The number of benzene rings is 2. The Hall–Kier alpha value is -3.00. The number of aromatic amines is 1. The molecule has 1 N–H and O–H groups in total. The highest BCUT2D eigenvalue weighted by Crippen LogP contribution is 2.14. The van der Waals surface area contributed by atoms with Crippen LogP contribution < -0.4 is 10.3 Å². The quantitative estimate of drug-likeness (QED) is 0.643. The van der Waals surface area contributed by atoms with Crippen LogP contribution in [0.2, 0.25) is 0 Å². The van der Waals surface area contributed by atoms with E-state index in [0.717, 1.165) is 0 Å². The van der Waals surface area contributed by atoms with Crippen molar-refractivity contribution < 1.29 is 13.9 Å². The molecule has 1 amide bonds. The zero-order chi connectivity index (χ0) is 20.3. The predicted molar refractivity (Wildman–Crippen MR) is 108 cm³/mol. The smallest absolute Gasteiger partial charge is 0.262 e. The van der Waals surface area contributed by atoms with Crippen molar-refractivity contribution in [3.63, 3.8) is 0 Å². The van der Waals surface area contributed by atoms with E-state index in [1.54, 1.807) is 25.2 Å². The lowest BCUT2D eigenvalue weighted by Gasteiger charge is -2.18. The van der Waals surface area contributed by atoms with E-state index in [4.69, 9.17) is 17.0 Å². The summed E-state index contributed by atoms with van der Waals surface area (Å²) in [5.41, 5.74) is 0.791. The molecule has 0 spiro atoms. The van der Waals surface area contributed by atoms with Gasteiger partial charge in [-0.25, -0.2) is 4.39 Å². The second kappa shape index (κ2) is 8.35. The first-order valence-corrected chi connectivity index (χ1v) is 9.22. The summed E-state index contributed by atoms with van der Waals surface area (Å²) in [5.74, 6) is -0.00277. The van der Waals surface area contributed by atoms with Crippen LogP contribution in [0.25, 0.3) is 10.9 Å². The molecule has 0 saturated heterocycles. The average Bonchev–Trinajstić information content (AvgIpc) is 2.68. The summed E-state index contributed by atoms with van der Waals surface area (Å²) >= 11 is 5.21. The summed E-state index contributed by atoms with van der Waals surface area (Å²) in [5, 5.41) is 0.481. The molecule has 6 nitrogen and oxygen atoms in total. The maximum atomic E-state index is 12.9. The first-order valence-electron chi connectivity index (χ1n) is 8.81. The number of carbonyl (C=O) groups excluding carboxylic acids is 1. The Kier molecular flexibility index (Phi) is 5.89. The molecule has 0 radical (unpaired) electrons. The summed E-state index contributed by atoms with van der Waals surface area (Å²) < 4.78 is 20.2. The maximum absolute atomic E-state index is 12.9. The standard InChI is InChI=1S/C20H20FN3O3S/c1-3-24-19(26)16-9-4-13(12-17(16)22-20(24)28)18(25)23(2)10-11-27-15-7-5-14(21)6-8-15/h4-9,12H,3,10-11H2,1-2H3,(H,22,28). The third-order valence-corrected chi connectivity index (χ3v) is 4.72. The van der Waals surface area contributed by atoms with Crippen molar-refractivity contribution in [3.05, 3.63) is 69.0 Å². The zero-order valence-electron chi connectivity index (χ0n) is 15.6. The number of aromatic nitrogens is 2. The van der Waals surface area contributed by atoms with Gasteiger partial charge in [-0.3, -0.25) is 14.2 Å². The minimum absolute atomic E-state index is 0.179. The van der Waals surface area contributed by atoms with Crippen molar-refractivity contribution in [2.45, 2.75) is 13.5 Å². The van der Waals surface area contributed by atoms with Gasteiger partial charge in [-0.2, -0.15) is 0 Å². The first kappa shape index (κ1) is 19.8. The number of hydrogen-bond donors (Lipinski definition) is 1. The van der Waals surface area contributed by atoms with Crippen LogP contribution in [0.3, 0.4) is 0 Å². The SMILES string of the molecule is CCn1c(=S)[nH]c2cc(C(=O)N(C)CCOc3ccc(F)cc3)ccc2c1=O. The highest BCUT2D eigenvalue weighted by atomic mass is 32.1. The molecule has 3 aromatic rings. The molecule has 1 heterocycles. The van der Waals surface area contributed by atoms with Crippen molar-refractivity contribution in [2.24, 2.45) is 0 Å². The minimum atomic E-state index is -0.333. The number of ether oxygens (including phenoxy) is 1. The number of fused-ring (bicyclic) bond motifs is 1. The number of halogens is 1. The Labute approximate surface area is 166 Å². The molecule has 0 fully saturated rings. The molecular weight excluding hydrogens is 381 g/mol. The van der Waals surface area contributed by atoms with Crippen molar-refractivity contribution in [2.75, 3.05) is 20.2 Å². The highest BCUT2D eigenvalue weighted by molar-refractivity contribution is 7.71. The van der Waals surface area contributed by atoms with E-state index in [2.05, 4.69) is 4.98 Å². The largest absolute Gasteiger partial charge is 0.492 e. The fraction of sp³-hybridized carbons (Fsp3) is 0.250. The van der Waals surface area contributed by atoms with Crippen LogP contribution >= 0.6 is 12.2 Å². The Morgan fingerprint density at radius 3 is 2.64 bits per heavy atom. The number of carbonyl (C=O) groups is 1. The van der Waals surface area contributed by atoms with Gasteiger partial charge in [0.15, 0.2) is 4.77 Å². The van der Waals surface area contributed by atoms with Gasteiger partial charge < -0.3 is 14.6 Å². The Bertz CT molecular complexity index is 1120. The molecule has 1 aromatic heterocycles. The predicted octanol–water partition coefficient (Wildman–Crippen LogP) is 3.37. The number of amides is 1. The zero-order valence-corrected chi connectivity index (χ0v) is 16.4. The monoisotopic (exact) mass is 401 g/mol. The van der Waals surface area contributed by atoms with E-state index < -0.39 is 0 Å². The van der Waals surface area contributed by atoms with Gasteiger partial charge >= 0.3 is 0 Å². The van der Waals surface area contributed by atoms with Crippen LogP contribution in [0, 0.1) is 10.6 Å². The summed E-state index contributed by atoms with van der Waals surface area (Å²) in [4.78, 5) is 29.6. The van der Waals surface area contributed by atoms with E-state index in [1.165, 1.54) is 33.7 Å². The molecule has 146 valence electrons. The third-order valence-electron chi connectivity index (χ3n) is 4.40. The molecule has 0 saturated carbocycles. The van der Waals surface area contributed by atoms with Gasteiger partial charge in [-0.15, -0.1) is 0 Å². The van der Waals surface area contributed by atoms with Gasteiger partial charge in [-0.05, 0) is 61.6 Å². The molecular formula is C20H20FN3O3S. The lowest BCUT2D eigenvalue weighted by molar-refractivity contribution is 0.0774. The molecule has 0 aliphatic heterocycles. The van der Waals surface area contributed by atoms with E-state index in [1.807, 2.05) is 6.92 Å². The molecule has 0 atom stereocenters. The number of nitrogens with zero attached hydrogens (tertiary/aromatic N) is 2. The molecule has 0 aliphatic rings. The molecule has 0 unspecified atom stereocenters. The van der Waals surface area contributed by atoms with E-state index in [9.17, 15) is 14.0 Å². The third kappa shape index (κ3) is 4.12. The van der Waals surface area contributed by atoms with Gasteiger partial charge in [0.25, 0.3) is 11.5 Å². The number of nitrogens with one attached hydrogen (secondary N) is 1. The van der Waals surface area contributed by atoms with Crippen LogP contribution in [-0.2, 0) is 6.54 Å². The Morgan fingerprint density at radius 1 is 1.25 bits per heavy atom. The van der Waals surface area contributed by atoms with Crippen molar-refractivity contribution >= 4 is 29.0 Å². The fourth-order valence-corrected chi connectivity index (χ4v) is 3.15. The van der Waals surface area contributed by atoms with E-state index in [-0.39, 0.29) is 23.9 Å². The lowest BCUT2D eigenvalue weighted by Crippen LogP contribution is -2.31. The van der Waals surface area contributed by atoms with Crippen LogP contribution in [0.1, 0.15) is 17.3 Å². The number of hydrogen-bond acceptors (Lipinski definition) is 4. The molecule has 28 heavy (non-hydrogen) atoms. The molecule has 0 aliphatic carbocycles. The normalized spacial score (nSPS) is 10.8. The van der Waals surface area contributed by atoms with Gasteiger partial charge in [0, 0.05) is 19.2 Å². The molecule has 3 rings (SSSR count). The van der Waals surface area contributed by atoms with Crippen molar-refractivity contribution in [1.29, 1.82) is 0 Å². The average molecular weight is 401 g/mol. The van der Waals surface area contributed by atoms with Gasteiger partial charge in [0.1, 0.15) is 18.2 Å². The number of likely N-dealkylation sites (N-methyl/N-ethyl adjacent to an activating group) is 1. The van der Waals surface area contributed by atoms with Crippen LogP contribution in [-0.4, -0.2) is 40.6 Å². The van der Waals surface area contributed by atoms with Crippen LogP contribution in [0.5, 0.6) is 5.75 Å². The summed E-state index contributed by atoms with van der Waals surface area (Å²) in [6, 6.07) is 10.6. The second-order valence-corrected chi connectivity index (χ2v) is 6.66. The van der Waals surface area contributed by atoms with Gasteiger partial charge in [-0.1, -0.05) is 0 Å². The van der Waals surface area contributed by atoms with Crippen molar-refractivity contribution in [1.82, 2.24) is 14.5 Å². The molecule has 2 aromatic carbocycles. The molecule has 8 heteroatoms. The lowest BCUT2D eigenvalue weighted by atomic mass is 10.1. The minimum Gasteiger partial charge on any atom is -0.492 e. The number of rotatable bonds is 6. The van der Waals surface area contributed by atoms with Crippen LogP contribution in [0.15, 0.2) is 47.3 Å². The van der Waals surface area contributed by atoms with Crippen LogP contribution in [0.4, 0.5) is 4.39 Å².